The maximum atomic E-state index is 5.93. The predicted octanol–water partition coefficient (Wildman–Crippen LogP) is 3.95. The van der Waals surface area contributed by atoms with Crippen molar-refractivity contribution in [1.82, 2.24) is 10.1 Å². The van der Waals surface area contributed by atoms with Gasteiger partial charge in [-0.2, -0.15) is 4.98 Å². The lowest BCUT2D eigenvalue weighted by Gasteiger charge is -2.02. The Labute approximate surface area is 119 Å². The Kier molecular flexibility index (Phi) is 4.37. The molecule has 0 spiro atoms. The topological polar surface area (TPSA) is 64.9 Å². The summed E-state index contributed by atoms with van der Waals surface area (Å²) in [7, 11) is 0. The molecule has 1 aromatic carbocycles. The molecule has 2 N–H and O–H groups in total. The molecule has 1 unspecified atom stereocenters. The molecule has 0 radical (unpaired) electrons. The van der Waals surface area contributed by atoms with Crippen molar-refractivity contribution >= 4 is 27.5 Å². The van der Waals surface area contributed by atoms with Crippen LogP contribution in [0.4, 0.5) is 0 Å². The molecule has 1 heterocycles. The zero-order valence-corrected chi connectivity index (χ0v) is 12.2. The number of aromatic nitrogens is 2. The van der Waals surface area contributed by atoms with Crippen LogP contribution < -0.4 is 5.73 Å². The van der Waals surface area contributed by atoms with E-state index in [1.807, 2.05) is 12.1 Å². The van der Waals surface area contributed by atoms with Crippen LogP contribution in [-0.4, -0.2) is 10.1 Å². The van der Waals surface area contributed by atoms with Gasteiger partial charge in [0.2, 0.25) is 11.7 Å². The Morgan fingerprint density at radius 3 is 2.94 bits per heavy atom. The molecule has 0 bridgehead atoms. The summed E-state index contributed by atoms with van der Waals surface area (Å²) < 4.78 is 5.97. The number of halogens is 2. The molecule has 2 rings (SSSR count). The first-order valence-electron chi connectivity index (χ1n) is 5.66. The van der Waals surface area contributed by atoms with E-state index in [1.165, 1.54) is 0 Å². The van der Waals surface area contributed by atoms with Crippen LogP contribution in [0.3, 0.4) is 0 Å². The SMILES string of the molecule is CCCC(N)c1nc(-c2ccc(Cl)c(Br)c2)no1. The minimum absolute atomic E-state index is 0.202. The van der Waals surface area contributed by atoms with Crippen molar-refractivity contribution in [1.29, 1.82) is 0 Å². The molecular weight excluding hydrogens is 318 g/mol. The Hall–Kier alpha value is -0.910. The van der Waals surface area contributed by atoms with Crippen LogP contribution in [0.15, 0.2) is 27.2 Å². The molecule has 0 saturated heterocycles. The summed E-state index contributed by atoms with van der Waals surface area (Å²) in [6, 6.07) is 5.27. The molecule has 2 aromatic rings. The van der Waals surface area contributed by atoms with Gasteiger partial charge in [0.1, 0.15) is 0 Å². The molecule has 0 aliphatic rings. The first kappa shape index (κ1) is 13.5. The molecule has 1 aromatic heterocycles. The summed E-state index contributed by atoms with van der Waals surface area (Å²) in [5.41, 5.74) is 6.76. The molecule has 96 valence electrons. The highest BCUT2D eigenvalue weighted by molar-refractivity contribution is 9.10. The maximum Gasteiger partial charge on any atom is 0.243 e. The van der Waals surface area contributed by atoms with Gasteiger partial charge in [0.15, 0.2) is 0 Å². The fourth-order valence-electron chi connectivity index (χ4n) is 1.57. The normalized spacial score (nSPS) is 12.7. The first-order valence-corrected chi connectivity index (χ1v) is 6.83. The standard InChI is InChI=1S/C12H13BrClN3O/c1-2-3-10(15)12-16-11(17-18-12)7-4-5-9(14)8(13)6-7/h4-6,10H,2-3,15H2,1H3. The van der Waals surface area contributed by atoms with Gasteiger partial charge in [-0.15, -0.1) is 0 Å². The van der Waals surface area contributed by atoms with Gasteiger partial charge >= 0.3 is 0 Å². The highest BCUT2D eigenvalue weighted by Gasteiger charge is 2.15. The van der Waals surface area contributed by atoms with E-state index in [2.05, 4.69) is 33.0 Å². The number of hydrogen-bond donors (Lipinski definition) is 1. The Morgan fingerprint density at radius 2 is 2.28 bits per heavy atom. The fraction of sp³-hybridized carbons (Fsp3) is 0.333. The van der Waals surface area contributed by atoms with Gasteiger partial charge in [-0.25, -0.2) is 0 Å². The van der Waals surface area contributed by atoms with Crippen LogP contribution >= 0.6 is 27.5 Å². The van der Waals surface area contributed by atoms with Crippen molar-refractivity contribution in [3.63, 3.8) is 0 Å². The zero-order valence-electron chi connectivity index (χ0n) is 9.86. The zero-order chi connectivity index (χ0) is 13.1. The van der Waals surface area contributed by atoms with Gasteiger partial charge in [-0.1, -0.05) is 30.1 Å². The minimum atomic E-state index is -0.202. The van der Waals surface area contributed by atoms with Crippen LogP contribution in [-0.2, 0) is 0 Å². The highest BCUT2D eigenvalue weighted by Crippen LogP contribution is 2.28. The quantitative estimate of drug-likeness (QED) is 0.921. The molecule has 4 nitrogen and oxygen atoms in total. The summed E-state index contributed by atoms with van der Waals surface area (Å²) in [5, 5.41) is 4.57. The van der Waals surface area contributed by atoms with E-state index in [4.69, 9.17) is 21.9 Å². The van der Waals surface area contributed by atoms with Crippen molar-refractivity contribution < 1.29 is 4.52 Å². The molecule has 0 fully saturated rings. The third kappa shape index (κ3) is 2.91. The average molecular weight is 331 g/mol. The van der Waals surface area contributed by atoms with Crippen molar-refractivity contribution in [2.75, 3.05) is 0 Å². The molecule has 0 amide bonds. The lowest BCUT2D eigenvalue weighted by molar-refractivity contribution is 0.348. The third-order valence-electron chi connectivity index (χ3n) is 2.54. The summed E-state index contributed by atoms with van der Waals surface area (Å²) in [6.45, 7) is 2.06. The molecular formula is C12H13BrClN3O. The Bertz CT molecular complexity index is 544. The van der Waals surface area contributed by atoms with Crippen molar-refractivity contribution in [2.45, 2.75) is 25.8 Å². The van der Waals surface area contributed by atoms with E-state index in [0.717, 1.165) is 22.9 Å². The number of benzene rings is 1. The molecule has 0 saturated carbocycles. The lowest BCUT2D eigenvalue weighted by Crippen LogP contribution is -2.09. The number of hydrogen-bond acceptors (Lipinski definition) is 4. The second-order valence-corrected chi connectivity index (χ2v) is 5.24. The molecule has 1 atom stereocenters. The molecule has 0 aliphatic carbocycles. The van der Waals surface area contributed by atoms with Gasteiger partial charge in [-0.3, -0.25) is 0 Å². The van der Waals surface area contributed by atoms with E-state index < -0.39 is 0 Å². The largest absolute Gasteiger partial charge is 0.337 e. The van der Waals surface area contributed by atoms with Crippen LogP contribution in [0.2, 0.25) is 5.02 Å². The molecule has 0 aliphatic heterocycles. The van der Waals surface area contributed by atoms with Crippen LogP contribution in [0.5, 0.6) is 0 Å². The van der Waals surface area contributed by atoms with E-state index in [1.54, 1.807) is 6.07 Å². The monoisotopic (exact) mass is 329 g/mol. The van der Waals surface area contributed by atoms with Crippen molar-refractivity contribution in [2.24, 2.45) is 5.73 Å². The second kappa shape index (κ2) is 5.82. The first-order chi connectivity index (χ1) is 8.61. The minimum Gasteiger partial charge on any atom is -0.337 e. The van der Waals surface area contributed by atoms with E-state index >= 15 is 0 Å². The molecule has 18 heavy (non-hydrogen) atoms. The summed E-state index contributed by atoms with van der Waals surface area (Å²) >= 11 is 9.30. The Balaban J connectivity index is 2.26. The van der Waals surface area contributed by atoms with E-state index in [9.17, 15) is 0 Å². The van der Waals surface area contributed by atoms with Crippen molar-refractivity contribution in [3.05, 3.63) is 33.6 Å². The number of nitrogens with two attached hydrogens (primary N) is 1. The maximum absolute atomic E-state index is 5.93. The highest BCUT2D eigenvalue weighted by atomic mass is 79.9. The fourth-order valence-corrected chi connectivity index (χ4v) is 2.07. The average Bonchev–Trinajstić information content (AvgIpc) is 2.82. The predicted molar refractivity (Wildman–Crippen MR) is 74.3 cm³/mol. The second-order valence-electron chi connectivity index (χ2n) is 3.98. The summed E-state index contributed by atoms with van der Waals surface area (Å²) in [4.78, 5) is 4.30. The Morgan fingerprint density at radius 1 is 1.50 bits per heavy atom. The van der Waals surface area contributed by atoms with Crippen LogP contribution in [0.1, 0.15) is 31.7 Å². The number of nitrogens with zero attached hydrogens (tertiary/aromatic N) is 2. The summed E-state index contributed by atoms with van der Waals surface area (Å²) in [5.74, 6) is 0.992. The molecule has 6 heteroatoms. The van der Waals surface area contributed by atoms with Gasteiger partial charge in [0, 0.05) is 10.0 Å². The smallest absolute Gasteiger partial charge is 0.243 e. The van der Waals surface area contributed by atoms with E-state index in [-0.39, 0.29) is 6.04 Å². The van der Waals surface area contributed by atoms with Gasteiger partial charge in [0.25, 0.3) is 0 Å². The lowest BCUT2D eigenvalue weighted by atomic mass is 10.2. The summed E-state index contributed by atoms with van der Waals surface area (Å²) in [6.07, 6.45) is 1.80. The third-order valence-corrected chi connectivity index (χ3v) is 3.75. The van der Waals surface area contributed by atoms with Crippen LogP contribution in [0.25, 0.3) is 11.4 Å². The van der Waals surface area contributed by atoms with Crippen LogP contribution in [0, 0.1) is 0 Å². The number of rotatable bonds is 4. The van der Waals surface area contributed by atoms with Crippen molar-refractivity contribution in [3.8, 4) is 11.4 Å². The van der Waals surface area contributed by atoms with Gasteiger partial charge < -0.3 is 10.3 Å². The van der Waals surface area contributed by atoms with Gasteiger partial charge in [0.05, 0.1) is 11.1 Å². The van der Waals surface area contributed by atoms with Gasteiger partial charge in [-0.05, 0) is 40.5 Å². The van der Waals surface area contributed by atoms with E-state index in [0.29, 0.717) is 16.7 Å².